The van der Waals surface area contributed by atoms with Gasteiger partial charge in [-0.3, -0.25) is 4.57 Å². The molecule has 1 unspecified atom stereocenters. The summed E-state index contributed by atoms with van der Waals surface area (Å²) in [6, 6.07) is 1.61. The number of nitrogens with zero attached hydrogens (tertiary/aromatic N) is 4. The zero-order valence-corrected chi connectivity index (χ0v) is 18.2. The molecule has 0 bridgehead atoms. The van der Waals surface area contributed by atoms with Gasteiger partial charge in [0.25, 0.3) is 0 Å². The molecule has 0 spiro atoms. The number of benzene rings is 1. The Morgan fingerprint density at radius 1 is 1.06 bits per heavy atom. The van der Waals surface area contributed by atoms with E-state index >= 15 is 0 Å². The van der Waals surface area contributed by atoms with Crippen molar-refractivity contribution in [3.8, 4) is 23.0 Å². The summed E-state index contributed by atoms with van der Waals surface area (Å²) in [7, 11) is 4.33. The Kier molecular flexibility index (Phi) is 6.37. The molecule has 13 heteroatoms. The predicted octanol–water partition coefficient (Wildman–Crippen LogP) is -0.219. The van der Waals surface area contributed by atoms with Crippen molar-refractivity contribution >= 4 is 17.0 Å². The molecule has 0 radical (unpaired) electrons. The van der Waals surface area contributed by atoms with E-state index in [2.05, 4.69) is 20.3 Å². The van der Waals surface area contributed by atoms with Crippen LogP contribution < -0.4 is 19.5 Å². The molecule has 5 N–H and O–H groups in total. The molecule has 3 heterocycles. The molecule has 2 aromatic heterocycles. The van der Waals surface area contributed by atoms with E-state index in [-0.39, 0.29) is 23.8 Å². The van der Waals surface area contributed by atoms with Crippen LogP contribution in [0.4, 0.5) is 5.82 Å². The van der Waals surface area contributed by atoms with Crippen LogP contribution in [0.2, 0.25) is 0 Å². The molecule has 33 heavy (non-hydrogen) atoms. The Morgan fingerprint density at radius 2 is 1.82 bits per heavy atom. The highest BCUT2D eigenvalue weighted by atomic mass is 16.6. The average Bonchev–Trinajstić information content (AvgIpc) is 3.38. The van der Waals surface area contributed by atoms with Crippen molar-refractivity contribution in [1.82, 2.24) is 19.5 Å². The molecule has 1 aromatic carbocycles. The Labute approximate surface area is 188 Å². The molecule has 3 aromatic rings. The number of phenols is 1. The molecule has 13 nitrogen and oxygen atoms in total. The monoisotopic (exact) mass is 463 g/mol. The summed E-state index contributed by atoms with van der Waals surface area (Å²) in [6.07, 6.45) is -1.73. The number of imidazole rings is 1. The second-order valence-corrected chi connectivity index (χ2v) is 7.28. The van der Waals surface area contributed by atoms with Crippen LogP contribution >= 0.6 is 0 Å². The van der Waals surface area contributed by atoms with Gasteiger partial charge in [-0.05, 0) is 6.07 Å². The quantitative estimate of drug-likeness (QED) is 0.298. The summed E-state index contributed by atoms with van der Waals surface area (Å²) >= 11 is 0. The summed E-state index contributed by atoms with van der Waals surface area (Å²) in [6.45, 7) is -0.309. The second kappa shape index (κ2) is 9.23. The Hall–Kier alpha value is -3.39. The third-order valence-electron chi connectivity index (χ3n) is 5.48. The third-order valence-corrected chi connectivity index (χ3v) is 5.48. The number of phenolic OH excluding ortho intramolecular Hbond substituents is 1. The molecule has 1 aliphatic heterocycles. The van der Waals surface area contributed by atoms with Gasteiger partial charge < -0.3 is 44.7 Å². The summed E-state index contributed by atoms with van der Waals surface area (Å²) < 4.78 is 22.9. The number of hydrogen-bond acceptors (Lipinski definition) is 12. The molecule has 0 amide bonds. The molecular formula is C20H25N5O8. The van der Waals surface area contributed by atoms with Crippen molar-refractivity contribution < 1.29 is 39.4 Å². The lowest BCUT2D eigenvalue weighted by Gasteiger charge is -2.17. The molecule has 4 rings (SSSR count). The standard InChI is InChI=1S/C20H25N5O8/c1-30-10-4-9(13(27)17(32-3)16(10)31-2)5-21-18-12-19(23-7-22-18)25(8-24-12)20-15(29)14(28)11(6-26)33-20/h4,7-8,11,14-15,20,26-29H,5-6H2,1-3H3,(H,21,22,23)/t11-,14-,15+,20?/m1/s1. The van der Waals surface area contributed by atoms with Crippen molar-refractivity contribution in [2.24, 2.45) is 0 Å². The maximum absolute atomic E-state index is 10.6. The summed E-state index contributed by atoms with van der Waals surface area (Å²) in [5.74, 6) is 1.02. The summed E-state index contributed by atoms with van der Waals surface area (Å²) in [5.41, 5.74) is 1.18. The predicted molar refractivity (Wildman–Crippen MR) is 113 cm³/mol. The number of aromatic hydroxyl groups is 1. The van der Waals surface area contributed by atoms with Crippen LogP contribution in [-0.4, -0.2) is 86.2 Å². The minimum atomic E-state index is -1.28. The maximum atomic E-state index is 10.6. The SMILES string of the molecule is COc1cc(CNc2ncnc3c2ncn3C2O[C@H](CO)[C@@H](O)[C@@H]2O)c(O)c(OC)c1OC. The number of aliphatic hydroxyl groups is 3. The van der Waals surface area contributed by atoms with Gasteiger partial charge in [0.1, 0.15) is 24.6 Å². The lowest BCUT2D eigenvalue weighted by Crippen LogP contribution is -2.33. The lowest BCUT2D eigenvalue weighted by atomic mass is 10.1. The molecule has 1 fully saturated rings. The molecule has 178 valence electrons. The minimum Gasteiger partial charge on any atom is -0.504 e. The Bertz CT molecular complexity index is 1140. The first-order chi connectivity index (χ1) is 15.9. The number of anilines is 1. The second-order valence-electron chi connectivity index (χ2n) is 7.28. The van der Waals surface area contributed by atoms with E-state index in [1.54, 1.807) is 6.07 Å². The van der Waals surface area contributed by atoms with Crippen molar-refractivity contribution in [2.45, 2.75) is 31.1 Å². The molecular weight excluding hydrogens is 438 g/mol. The number of fused-ring (bicyclic) bond motifs is 1. The number of aliphatic hydroxyl groups excluding tert-OH is 3. The van der Waals surface area contributed by atoms with Gasteiger partial charge in [-0.2, -0.15) is 0 Å². The van der Waals surface area contributed by atoms with Crippen LogP contribution in [0.3, 0.4) is 0 Å². The number of rotatable bonds is 8. The topological polar surface area (TPSA) is 173 Å². The Morgan fingerprint density at radius 3 is 2.45 bits per heavy atom. The fourth-order valence-corrected chi connectivity index (χ4v) is 3.78. The van der Waals surface area contributed by atoms with Gasteiger partial charge in [0, 0.05) is 12.1 Å². The third kappa shape index (κ3) is 3.84. The fourth-order valence-electron chi connectivity index (χ4n) is 3.78. The van der Waals surface area contributed by atoms with Gasteiger partial charge in [-0.15, -0.1) is 0 Å². The smallest absolute Gasteiger partial charge is 0.207 e. The van der Waals surface area contributed by atoms with E-state index in [0.29, 0.717) is 28.3 Å². The highest BCUT2D eigenvalue weighted by Crippen LogP contribution is 2.46. The number of ether oxygens (including phenoxy) is 4. The van der Waals surface area contributed by atoms with Gasteiger partial charge in [-0.1, -0.05) is 0 Å². The van der Waals surface area contributed by atoms with Gasteiger partial charge in [-0.25, -0.2) is 15.0 Å². The first-order valence-electron chi connectivity index (χ1n) is 9.99. The largest absolute Gasteiger partial charge is 0.504 e. The first kappa shape index (κ1) is 22.8. The van der Waals surface area contributed by atoms with Gasteiger partial charge in [0.15, 0.2) is 34.7 Å². The molecule has 0 saturated carbocycles. The van der Waals surface area contributed by atoms with E-state index in [1.165, 1.54) is 38.6 Å². The van der Waals surface area contributed by atoms with Crippen LogP contribution in [0, 0.1) is 0 Å². The zero-order chi connectivity index (χ0) is 23.7. The van der Waals surface area contributed by atoms with E-state index in [4.69, 9.17) is 18.9 Å². The van der Waals surface area contributed by atoms with Crippen LogP contribution in [0.5, 0.6) is 23.0 Å². The van der Waals surface area contributed by atoms with Crippen molar-refractivity contribution in [1.29, 1.82) is 0 Å². The highest BCUT2D eigenvalue weighted by Gasteiger charge is 2.44. The van der Waals surface area contributed by atoms with E-state index in [0.717, 1.165) is 0 Å². The van der Waals surface area contributed by atoms with Gasteiger partial charge in [0.2, 0.25) is 11.5 Å². The molecule has 4 atom stereocenters. The number of hydrogen-bond donors (Lipinski definition) is 5. The van der Waals surface area contributed by atoms with Gasteiger partial charge in [0.05, 0.1) is 34.3 Å². The molecule has 0 aliphatic carbocycles. The highest BCUT2D eigenvalue weighted by molar-refractivity contribution is 5.82. The molecule has 1 aliphatic rings. The average molecular weight is 463 g/mol. The minimum absolute atomic E-state index is 0.120. The van der Waals surface area contributed by atoms with Crippen molar-refractivity contribution in [3.05, 3.63) is 24.3 Å². The van der Waals surface area contributed by atoms with E-state index in [9.17, 15) is 20.4 Å². The van der Waals surface area contributed by atoms with Crippen LogP contribution in [0.1, 0.15) is 11.8 Å². The van der Waals surface area contributed by atoms with Gasteiger partial charge >= 0.3 is 0 Å². The summed E-state index contributed by atoms with van der Waals surface area (Å²) in [4.78, 5) is 12.7. The Balaban J connectivity index is 1.63. The number of nitrogens with one attached hydrogen (secondary N) is 1. The van der Waals surface area contributed by atoms with E-state index < -0.39 is 31.1 Å². The van der Waals surface area contributed by atoms with E-state index in [1.807, 2.05) is 0 Å². The normalized spacial score (nSPS) is 22.5. The molecule has 1 saturated heterocycles. The number of aromatic nitrogens is 4. The number of methoxy groups -OCH3 is 3. The fraction of sp³-hybridized carbons (Fsp3) is 0.450. The van der Waals surface area contributed by atoms with Crippen molar-refractivity contribution in [2.75, 3.05) is 33.3 Å². The lowest BCUT2D eigenvalue weighted by molar-refractivity contribution is -0.0511. The van der Waals surface area contributed by atoms with Crippen LogP contribution in [0.25, 0.3) is 11.2 Å². The van der Waals surface area contributed by atoms with Crippen LogP contribution in [0.15, 0.2) is 18.7 Å². The maximum Gasteiger partial charge on any atom is 0.207 e. The van der Waals surface area contributed by atoms with Crippen LogP contribution in [-0.2, 0) is 11.3 Å². The summed E-state index contributed by atoms with van der Waals surface area (Å²) in [5, 5.41) is 43.4. The van der Waals surface area contributed by atoms with Crippen molar-refractivity contribution in [3.63, 3.8) is 0 Å². The zero-order valence-electron chi connectivity index (χ0n) is 18.2. The first-order valence-corrected chi connectivity index (χ1v) is 9.99.